The van der Waals surface area contributed by atoms with Crippen LogP contribution in [-0.2, 0) is 19.5 Å². The Kier molecular flexibility index (Phi) is 3.63. The number of nitrogens with zero attached hydrogens (tertiary/aromatic N) is 3. The van der Waals surface area contributed by atoms with E-state index in [2.05, 4.69) is 31.1 Å². The molecule has 2 N–H and O–H groups in total. The monoisotopic (exact) mass is 355 g/mol. The van der Waals surface area contributed by atoms with Crippen LogP contribution in [-0.4, -0.2) is 31.6 Å². The maximum atomic E-state index is 14.0. The Hall–Kier alpha value is -2.54. The van der Waals surface area contributed by atoms with Crippen LogP contribution in [0.15, 0.2) is 24.3 Å². The second kappa shape index (κ2) is 6.02. The average Bonchev–Trinajstić information content (AvgIpc) is 3.22. The third kappa shape index (κ3) is 2.92. The van der Waals surface area contributed by atoms with Crippen molar-refractivity contribution in [1.29, 1.82) is 0 Å². The molecule has 0 spiro atoms. The molecule has 3 heterocycles. The van der Waals surface area contributed by atoms with Gasteiger partial charge in [-0.15, -0.1) is 0 Å². The third-order valence-corrected chi connectivity index (χ3v) is 5.14. The van der Waals surface area contributed by atoms with E-state index in [0.29, 0.717) is 17.3 Å². The fourth-order valence-electron chi connectivity index (χ4n) is 3.58. The second-order valence-corrected chi connectivity index (χ2v) is 7.19. The lowest BCUT2D eigenvalue weighted by Crippen LogP contribution is -2.30. The van der Waals surface area contributed by atoms with Crippen molar-refractivity contribution in [2.45, 2.75) is 38.3 Å². The normalized spacial score (nSPS) is 17.5. The molecule has 0 unspecified atom stereocenters. The largest absolute Gasteiger partial charge is 0.340 e. The summed E-state index contributed by atoms with van der Waals surface area (Å²) in [5.74, 6) is -0.0717. The smallest absolute Gasteiger partial charge is 0.140 e. The summed E-state index contributed by atoms with van der Waals surface area (Å²) >= 11 is 0. The van der Waals surface area contributed by atoms with Gasteiger partial charge in [0.15, 0.2) is 0 Å². The van der Waals surface area contributed by atoms with Crippen molar-refractivity contribution in [2.24, 2.45) is 0 Å². The Bertz CT molecular complexity index is 957. The predicted octanol–water partition coefficient (Wildman–Crippen LogP) is 3.51. The number of benzene rings is 1. The van der Waals surface area contributed by atoms with Crippen molar-refractivity contribution >= 4 is 0 Å². The standard InChI is InChI=1S/C19H19F2N5/c20-12-3-4-14(15(21)7-12)19-22-16-5-6-26(10-18(16)23-19)9-13-8-17(25-24-13)11-1-2-11/h3-4,7-8,11H,1-2,5-6,9-10H2,(H,22,23)(H,24,25). The van der Waals surface area contributed by atoms with Gasteiger partial charge in [0.05, 0.1) is 22.6 Å². The minimum atomic E-state index is -0.599. The zero-order valence-corrected chi connectivity index (χ0v) is 14.2. The third-order valence-electron chi connectivity index (χ3n) is 5.14. The molecule has 7 heteroatoms. The highest BCUT2D eigenvalue weighted by molar-refractivity contribution is 5.57. The molecule has 26 heavy (non-hydrogen) atoms. The van der Waals surface area contributed by atoms with Crippen LogP contribution in [0.5, 0.6) is 0 Å². The highest BCUT2D eigenvalue weighted by Crippen LogP contribution is 2.39. The van der Waals surface area contributed by atoms with E-state index in [4.69, 9.17) is 0 Å². The molecule has 2 aromatic heterocycles. The number of halogens is 2. The lowest BCUT2D eigenvalue weighted by atomic mass is 10.1. The van der Waals surface area contributed by atoms with Gasteiger partial charge in [-0.3, -0.25) is 10.00 Å². The number of hydrogen-bond acceptors (Lipinski definition) is 3. The number of nitrogens with one attached hydrogen (secondary N) is 2. The first-order valence-electron chi connectivity index (χ1n) is 8.95. The maximum Gasteiger partial charge on any atom is 0.140 e. The number of hydrogen-bond donors (Lipinski definition) is 2. The van der Waals surface area contributed by atoms with E-state index in [9.17, 15) is 8.78 Å². The Balaban J connectivity index is 1.33. The summed E-state index contributed by atoms with van der Waals surface area (Å²) < 4.78 is 27.1. The van der Waals surface area contributed by atoms with Crippen molar-refractivity contribution in [1.82, 2.24) is 25.1 Å². The maximum absolute atomic E-state index is 14.0. The molecule has 0 bridgehead atoms. The minimum absolute atomic E-state index is 0.301. The van der Waals surface area contributed by atoms with Crippen LogP contribution in [0.1, 0.15) is 41.5 Å². The number of aromatic amines is 2. The molecule has 1 aromatic carbocycles. The van der Waals surface area contributed by atoms with Gasteiger partial charge in [-0.25, -0.2) is 13.8 Å². The summed E-state index contributed by atoms with van der Waals surface area (Å²) in [6, 6.07) is 5.73. The number of imidazole rings is 1. The second-order valence-electron chi connectivity index (χ2n) is 7.19. The van der Waals surface area contributed by atoms with E-state index in [1.807, 2.05) is 0 Å². The van der Waals surface area contributed by atoms with Gasteiger partial charge in [-0.1, -0.05) is 0 Å². The zero-order chi connectivity index (χ0) is 17.7. The fraction of sp³-hybridized carbons (Fsp3) is 0.368. The van der Waals surface area contributed by atoms with Crippen molar-refractivity contribution in [3.63, 3.8) is 0 Å². The number of fused-ring (bicyclic) bond motifs is 1. The number of aromatic nitrogens is 4. The molecule has 0 saturated heterocycles. The summed E-state index contributed by atoms with van der Waals surface area (Å²) in [6.07, 6.45) is 3.29. The van der Waals surface area contributed by atoms with Gasteiger partial charge in [0, 0.05) is 43.7 Å². The molecule has 0 amide bonds. The molecule has 1 aliphatic heterocycles. The van der Waals surface area contributed by atoms with E-state index >= 15 is 0 Å². The van der Waals surface area contributed by atoms with Gasteiger partial charge in [-0.2, -0.15) is 5.10 Å². The summed E-state index contributed by atoms with van der Waals surface area (Å²) in [5.41, 5.74) is 4.56. The van der Waals surface area contributed by atoms with Crippen LogP contribution >= 0.6 is 0 Å². The SMILES string of the molecule is Fc1ccc(-c2nc3c([nH]2)CN(Cc2cc(C4CC4)n[nH]2)CC3)c(F)c1. The molecule has 134 valence electrons. The summed E-state index contributed by atoms with van der Waals surface area (Å²) in [4.78, 5) is 10.1. The van der Waals surface area contributed by atoms with Crippen LogP contribution in [0.4, 0.5) is 8.78 Å². The molecule has 5 rings (SSSR count). The summed E-state index contributed by atoms with van der Waals surface area (Å²) in [6.45, 7) is 2.42. The summed E-state index contributed by atoms with van der Waals surface area (Å²) in [5, 5.41) is 7.54. The lowest BCUT2D eigenvalue weighted by molar-refractivity contribution is 0.238. The molecule has 2 aliphatic rings. The van der Waals surface area contributed by atoms with Gasteiger partial charge in [0.1, 0.15) is 17.5 Å². The van der Waals surface area contributed by atoms with E-state index in [-0.39, 0.29) is 0 Å². The zero-order valence-electron chi connectivity index (χ0n) is 14.2. The molecule has 0 radical (unpaired) electrons. The van der Waals surface area contributed by atoms with Gasteiger partial charge >= 0.3 is 0 Å². The van der Waals surface area contributed by atoms with Crippen LogP contribution in [0.25, 0.3) is 11.4 Å². The van der Waals surface area contributed by atoms with Crippen molar-refractivity contribution in [2.75, 3.05) is 6.54 Å². The molecule has 1 aliphatic carbocycles. The van der Waals surface area contributed by atoms with Crippen LogP contribution in [0.3, 0.4) is 0 Å². The van der Waals surface area contributed by atoms with Gasteiger partial charge in [0.25, 0.3) is 0 Å². The predicted molar refractivity (Wildman–Crippen MR) is 92.3 cm³/mol. The van der Waals surface area contributed by atoms with E-state index < -0.39 is 11.6 Å². The van der Waals surface area contributed by atoms with Crippen molar-refractivity contribution in [3.05, 3.63) is 58.7 Å². The van der Waals surface area contributed by atoms with Crippen LogP contribution < -0.4 is 0 Å². The first kappa shape index (κ1) is 15.7. The van der Waals surface area contributed by atoms with Crippen molar-refractivity contribution in [3.8, 4) is 11.4 Å². The summed E-state index contributed by atoms with van der Waals surface area (Å²) in [7, 11) is 0. The van der Waals surface area contributed by atoms with Crippen molar-refractivity contribution < 1.29 is 8.78 Å². The molecule has 0 atom stereocenters. The molecule has 3 aromatic rings. The van der Waals surface area contributed by atoms with E-state index in [1.54, 1.807) is 0 Å². The minimum Gasteiger partial charge on any atom is -0.340 e. The topological polar surface area (TPSA) is 60.6 Å². The number of H-pyrrole nitrogens is 2. The van der Waals surface area contributed by atoms with Crippen LogP contribution in [0, 0.1) is 11.6 Å². The highest BCUT2D eigenvalue weighted by Gasteiger charge is 2.27. The average molecular weight is 355 g/mol. The molecular formula is C19H19F2N5. The molecular weight excluding hydrogens is 336 g/mol. The Morgan fingerprint density at radius 2 is 2.08 bits per heavy atom. The van der Waals surface area contributed by atoms with Gasteiger partial charge < -0.3 is 4.98 Å². The first-order valence-corrected chi connectivity index (χ1v) is 8.95. The van der Waals surface area contributed by atoms with E-state index in [1.165, 1.54) is 30.7 Å². The first-order chi connectivity index (χ1) is 12.7. The van der Waals surface area contributed by atoms with Gasteiger partial charge in [-0.05, 0) is 31.0 Å². The lowest BCUT2D eigenvalue weighted by Gasteiger charge is -2.25. The number of rotatable bonds is 4. The Labute approximate surface area is 149 Å². The van der Waals surface area contributed by atoms with Gasteiger partial charge in [0.2, 0.25) is 0 Å². The highest BCUT2D eigenvalue weighted by atomic mass is 19.1. The van der Waals surface area contributed by atoms with E-state index in [0.717, 1.165) is 49.2 Å². The molecule has 1 fully saturated rings. The fourth-order valence-corrected chi connectivity index (χ4v) is 3.58. The quantitative estimate of drug-likeness (QED) is 0.753. The molecule has 1 saturated carbocycles. The molecule has 5 nitrogen and oxygen atoms in total. The Morgan fingerprint density at radius 1 is 1.19 bits per heavy atom. The van der Waals surface area contributed by atoms with Crippen LogP contribution in [0.2, 0.25) is 0 Å². The Morgan fingerprint density at radius 3 is 2.88 bits per heavy atom.